The highest BCUT2D eigenvalue weighted by Gasteiger charge is 2.34. The number of carbonyl (C=O) groups excluding carboxylic acids is 1. The maximum atomic E-state index is 13.0. The van der Waals surface area contributed by atoms with Gasteiger partial charge in [-0.15, -0.1) is 0 Å². The molecular formula is C18H26N2O3S. The largest absolute Gasteiger partial charge is 0.340 e. The molecule has 1 aromatic carbocycles. The third kappa shape index (κ3) is 3.09. The third-order valence-corrected chi connectivity index (χ3v) is 7.45. The fourth-order valence-corrected chi connectivity index (χ4v) is 5.13. The van der Waals surface area contributed by atoms with Crippen LogP contribution >= 0.6 is 0 Å². The first-order valence-electron chi connectivity index (χ1n) is 8.67. The van der Waals surface area contributed by atoms with Crippen LogP contribution in [0.3, 0.4) is 0 Å². The number of carbonyl (C=O) groups is 1. The lowest BCUT2D eigenvalue weighted by atomic mass is 9.84. The van der Waals surface area contributed by atoms with E-state index in [1.54, 1.807) is 6.07 Å². The van der Waals surface area contributed by atoms with E-state index < -0.39 is 10.0 Å². The summed E-state index contributed by atoms with van der Waals surface area (Å²) in [7, 11) is -3.50. The second kappa shape index (κ2) is 6.48. The van der Waals surface area contributed by atoms with Gasteiger partial charge in [-0.25, -0.2) is 8.42 Å². The minimum Gasteiger partial charge on any atom is -0.340 e. The Morgan fingerprint density at radius 2 is 1.54 bits per heavy atom. The Kier molecular flexibility index (Phi) is 4.71. The van der Waals surface area contributed by atoms with Crippen molar-refractivity contribution in [2.24, 2.45) is 5.92 Å². The van der Waals surface area contributed by atoms with Crippen LogP contribution in [0.25, 0.3) is 0 Å². The molecular weight excluding hydrogens is 324 g/mol. The molecule has 132 valence electrons. The Bertz CT molecular complexity index is 746. The zero-order valence-corrected chi connectivity index (χ0v) is 15.5. The fourth-order valence-electron chi connectivity index (χ4n) is 3.41. The number of hydrogen-bond acceptors (Lipinski definition) is 3. The summed E-state index contributed by atoms with van der Waals surface area (Å²) in [6, 6.07) is 3.70. The van der Waals surface area contributed by atoms with Crippen LogP contribution in [-0.2, 0) is 14.8 Å². The highest BCUT2D eigenvalue weighted by atomic mass is 32.2. The molecule has 3 rings (SSSR count). The summed E-state index contributed by atoms with van der Waals surface area (Å²) in [6.45, 7) is 7.53. The number of nitrogens with zero attached hydrogens (tertiary/aromatic N) is 2. The summed E-state index contributed by atoms with van der Waals surface area (Å²) >= 11 is 0. The van der Waals surface area contributed by atoms with Gasteiger partial charge < -0.3 is 4.90 Å². The molecule has 0 bridgehead atoms. The molecule has 1 aliphatic heterocycles. The van der Waals surface area contributed by atoms with Gasteiger partial charge in [0, 0.05) is 32.1 Å². The van der Waals surface area contributed by atoms with E-state index in [-0.39, 0.29) is 11.8 Å². The first kappa shape index (κ1) is 17.4. The van der Waals surface area contributed by atoms with Gasteiger partial charge in [-0.3, -0.25) is 4.79 Å². The van der Waals surface area contributed by atoms with Crippen molar-refractivity contribution in [2.45, 2.75) is 44.9 Å². The molecule has 1 saturated heterocycles. The maximum absolute atomic E-state index is 13.0. The van der Waals surface area contributed by atoms with Crippen LogP contribution in [0.2, 0.25) is 0 Å². The van der Waals surface area contributed by atoms with Crippen molar-refractivity contribution in [2.75, 3.05) is 26.2 Å². The van der Waals surface area contributed by atoms with Crippen LogP contribution in [0.5, 0.6) is 0 Å². The molecule has 0 aromatic heterocycles. The molecule has 0 atom stereocenters. The molecule has 1 saturated carbocycles. The summed E-state index contributed by atoms with van der Waals surface area (Å²) in [5.74, 6) is 0.385. The Labute approximate surface area is 144 Å². The van der Waals surface area contributed by atoms with Gasteiger partial charge in [-0.05, 0) is 56.4 Å². The van der Waals surface area contributed by atoms with Gasteiger partial charge in [0.1, 0.15) is 0 Å². The molecule has 1 heterocycles. The van der Waals surface area contributed by atoms with Crippen molar-refractivity contribution < 1.29 is 13.2 Å². The Balaban J connectivity index is 1.73. The second-order valence-corrected chi connectivity index (χ2v) is 8.97. The van der Waals surface area contributed by atoms with E-state index in [0.717, 1.165) is 36.0 Å². The predicted octanol–water partition coefficient (Wildman–Crippen LogP) is 2.24. The maximum Gasteiger partial charge on any atom is 0.243 e. The Hall–Kier alpha value is -1.40. The SMILES string of the molecule is Cc1cc(C)c(S(=O)(=O)N2CCN(C(=O)C3CCC3)CC2)cc1C. The van der Waals surface area contributed by atoms with Gasteiger partial charge in [0.05, 0.1) is 4.90 Å². The van der Waals surface area contributed by atoms with E-state index in [1.807, 2.05) is 31.7 Å². The first-order chi connectivity index (χ1) is 11.3. The molecule has 0 unspecified atom stereocenters. The molecule has 5 nitrogen and oxygen atoms in total. The Morgan fingerprint density at radius 3 is 2.08 bits per heavy atom. The first-order valence-corrected chi connectivity index (χ1v) is 10.1. The zero-order chi connectivity index (χ0) is 17.5. The summed E-state index contributed by atoms with van der Waals surface area (Å²) in [5, 5.41) is 0. The lowest BCUT2D eigenvalue weighted by Gasteiger charge is -2.37. The summed E-state index contributed by atoms with van der Waals surface area (Å²) in [5.41, 5.74) is 2.87. The quantitative estimate of drug-likeness (QED) is 0.840. The van der Waals surface area contributed by atoms with Gasteiger partial charge in [-0.2, -0.15) is 4.31 Å². The number of piperazine rings is 1. The number of amides is 1. The van der Waals surface area contributed by atoms with Crippen molar-refractivity contribution >= 4 is 15.9 Å². The summed E-state index contributed by atoms with van der Waals surface area (Å²) < 4.78 is 27.5. The molecule has 1 aromatic rings. The molecule has 2 fully saturated rings. The smallest absolute Gasteiger partial charge is 0.243 e. The highest BCUT2D eigenvalue weighted by molar-refractivity contribution is 7.89. The minimum atomic E-state index is -3.50. The number of sulfonamides is 1. The number of hydrogen-bond donors (Lipinski definition) is 0. The fraction of sp³-hybridized carbons (Fsp3) is 0.611. The lowest BCUT2D eigenvalue weighted by Crippen LogP contribution is -2.52. The molecule has 0 radical (unpaired) electrons. The van der Waals surface area contributed by atoms with E-state index in [9.17, 15) is 13.2 Å². The molecule has 24 heavy (non-hydrogen) atoms. The molecule has 0 spiro atoms. The molecule has 6 heteroatoms. The second-order valence-electron chi connectivity index (χ2n) is 7.06. The topological polar surface area (TPSA) is 57.7 Å². The molecule has 2 aliphatic rings. The van der Waals surface area contributed by atoms with Crippen molar-refractivity contribution in [1.29, 1.82) is 0 Å². The van der Waals surface area contributed by atoms with Gasteiger partial charge in [0.25, 0.3) is 0 Å². The van der Waals surface area contributed by atoms with Crippen molar-refractivity contribution in [3.05, 3.63) is 28.8 Å². The lowest BCUT2D eigenvalue weighted by molar-refractivity contribution is -0.139. The molecule has 1 amide bonds. The standard InChI is InChI=1S/C18H26N2O3S/c1-13-11-15(3)17(12-14(13)2)24(22,23)20-9-7-19(8-10-20)18(21)16-5-4-6-16/h11-12,16H,4-10H2,1-3H3. The predicted molar refractivity (Wildman–Crippen MR) is 93.3 cm³/mol. The minimum absolute atomic E-state index is 0.176. The van der Waals surface area contributed by atoms with Crippen LogP contribution in [0.1, 0.15) is 36.0 Å². The van der Waals surface area contributed by atoms with Crippen LogP contribution in [0.15, 0.2) is 17.0 Å². The van der Waals surface area contributed by atoms with Crippen molar-refractivity contribution in [3.63, 3.8) is 0 Å². The average Bonchev–Trinajstić information content (AvgIpc) is 2.49. The van der Waals surface area contributed by atoms with Crippen molar-refractivity contribution in [3.8, 4) is 0 Å². The van der Waals surface area contributed by atoms with Crippen LogP contribution in [0, 0.1) is 26.7 Å². The average molecular weight is 350 g/mol. The zero-order valence-electron chi connectivity index (χ0n) is 14.7. The van der Waals surface area contributed by atoms with Crippen LogP contribution in [-0.4, -0.2) is 49.7 Å². The summed E-state index contributed by atoms with van der Waals surface area (Å²) in [4.78, 5) is 14.5. The van der Waals surface area contributed by atoms with Gasteiger partial charge in [-0.1, -0.05) is 12.5 Å². The van der Waals surface area contributed by atoms with Crippen LogP contribution in [0.4, 0.5) is 0 Å². The Morgan fingerprint density at radius 1 is 0.958 bits per heavy atom. The number of rotatable bonds is 3. The normalized spacial score (nSPS) is 20.0. The highest BCUT2D eigenvalue weighted by Crippen LogP contribution is 2.29. The van der Waals surface area contributed by atoms with Gasteiger partial charge in [0.15, 0.2) is 0 Å². The van der Waals surface area contributed by atoms with Gasteiger partial charge >= 0.3 is 0 Å². The molecule has 1 aliphatic carbocycles. The van der Waals surface area contributed by atoms with E-state index in [2.05, 4.69) is 0 Å². The van der Waals surface area contributed by atoms with Crippen LogP contribution < -0.4 is 0 Å². The van der Waals surface area contributed by atoms with E-state index >= 15 is 0 Å². The summed E-state index contributed by atoms with van der Waals surface area (Å²) in [6.07, 6.45) is 3.11. The number of aryl methyl sites for hydroxylation is 3. The van der Waals surface area contributed by atoms with E-state index in [4.69, 9.17) is 0 Å². The third-order valence-electron chi connectivity index (χ3n) is 5.41. The monoisotopic (exact) mass is 350 g/mol. The molecule has 0 N–H and O–H groups in total. The van der Waals surface area contributed by atoms with E-state index in [0.29, 0.717) is 31.1 Å². The van der Waals surface area contributed by atoms with E-state index in [1.165, 1.54) is 4.31 Å². The van der Waals surface area contributed by atoms with Crippen molar-refractivity contribution in [1.82, 2.24) is 9.21 Å². The number of benzene rings is 1. The van der Waals surface area contributed by atoms with Gasteiger partial charge in [0.2, 0.25) is 15.9 Å².